The van der Waals surface area contributed by atoms with Crippen molar-refractivity contribution in [2.24, 2.45) is 5.73 Å². The van der Waals surface area contributed by atoms with Crippen LogP contribution >= 0.6 is 0 Å². The number of hydrogen-bond donors (Lipinski definition) is 1. The van der Waals surface area contributed by atoms with Gasteiger partial charge in [0.2, 0.25) is 10.0 Å². The largest absolute Gasteiger partial charge is 0.329 e. The third-order valence-corrected chi connectivity index (χ3v) is 5.57. The molecule has 1 fully saturated rings. The number of hydrogen-bond acceptors (Lipinski definition) is 3. The lowest BCUT2D eigenvalue weighted by Gasteiger charge is -2.42. The molecule has 5 heteroatoms. The van der Waals surface area contributed by atoms with Crippen LogP contribution in [0.3, 0.4) is 0 Å². The van der Waals surface area contributed by atoms with Gasteiger partial charge in [0.1, 0.15) is 0 Å². The Morgan fingerprint density at radius 1 is 1.27 bits per heavy atom. The minimum Gasteiger partial charge on any atom is -0.329 e. The van der Waals surface area contributed by atoms with Crippen LogP contribution < -0.4 is 5.73 Å². The first-order valence-corrected chi connectivity index (χ1v) is 7.26. The summed E-state index contributed by atoms with van der Waals surface area (Å²) in [5.41, 5.74) is 5.47. The molecule has 1 aliphatic rings. The molecule has 0 atom stereocenters. The maximum atomic E-state index is 11.8. The summed E-state index contributed by atoms with van der Waals surface area (Å²) in [4.78, 5) is 0. The summed E-state index contributed by atoms with van der Waals surface area (Å²) in [7, 11) is -1.44. The number of nitrogens with two attached hydrogens (primary N) is 1. The number of nitrogens with zero attached hydrogens (tertiary/aromatic N) is 1. The number of rotatable bonds is 4. The molecule has 0 bridgehead atoms. The Bertz CT molecular complexity index is 295. The van der Waals surface area contributed by atoms with E-state index in [1.807, 2.05) is 0 Å². The number of likely N-dealkylation sites (N-methyl/N-ethyl adjacent to an activating group) is 1. The summed E-state index contributed by atoms with van der Waals surface area (Å²) >= 11 is 0. The minimum absolute atomic E-state index is 0.158. The lowest BCUT2D eigenvalue weighted by molar-refractivity contribution is 0.159. The normalized spacial score (nSPS) is 21.9. The predicted octanol–water partition coefficient (Wildman–Crippen LogP) is 0.929. The van der Waals surface area contributed by atoms with Crippen molar-refractivity contribution in [2.45, 2.75) is 44.6 Å². The number of sulfonamides is 1. The summed E-state index contributed by atoms with van der Waals surface area (Å²) in [5.74, 6) is 0.158. The van der Waals surface area contributed by atoms with Gasteiger partial charge in [0.25, 0.3) is 0 Å². The molecule has 0 aromatic rings. The molecule has 90 valence electrons. The van der Waals surface area contributed by atoms with Gasteiger partial charge in [-0.1, -0.05) is 19.3 Å². The highest BCUT2D eigenvalue weighted by atomic mass is 32.2. The molecule has 1 aliphatic carbocycles. The van der Waals surface area contributed by atoms with E-state index in [1.54, 1.807) is 14.0 Å². The van der Waals surface area contributed by atoms with Crippen molar-refractivity contribution >= 4 is 10.0 Å². The Morgan fingerprint density at radius 2 is 1.80 bits per heavy atom. The third kappa shape index (κ3) is 2.52. The molecule has 4 nitrogen and oxygen atoms in total. The van der Waals surface area contributed by atoms with Crippen molar-refractivity contribution in [3.05, 3.63) is 0 Å². The molecule has 0 saturated heterocycles. The van der Waals surface area contributed by atoms with Crippen molar-refractivity contribution in [3.8, 4) is 0 Å². The molecule has 1 rings (SSSR count). The second-order valence-corrected chi connectivity index (χ2v) is 6.65. The van der Waals surface area contributed by atoms with E-state index in [4.69, 9.17) is 5.73 Å². The van der Waals surface area contributed by atoms with Crippen LogP contribution in [-0.2, 0) is 10.0 Å². The van der Waals surface area contributed by atoms with Crippen molar-refractivity contribution in [3.63, 3.8) is 0 Å². The van der Waals surface area contributed by atoms with Crippen molar-refractivity contribution in [1.29, 1.82) is 0 Å². The smallest absolute Gasteiger partial charge is 0.214 e. The summed E-state index contributed by atoms with van der Waals surface area (Å²) in [6.07, 6.45) is 5.17. The monoisotopic (exact) mass is 234 g/mol. The van der Waals surface area contributed by atoms with Gasteiger partial charge < -0.3 is 5.73 Å². The summed E-state index contributed by atoms with van der Waals surface area (Å²) in [6.45, 7) is 2.11. The Kier molecular flexibility index (Phi) is 4.14. The predicted molar refractivity (Wildman–Crippen MR) is 62.1 cm³/mol. The van der Waals surface area contributed by atoms with Crippen LogP contribution in [0.5, 0.6) is 0 Å². The molecule has 1 saturated carbocycles. The molecular weight excluding hydrogens is 212 g/mol. The van der Waals surface area contributed by atoms with Gasteiger partial charge >= 0.3 is 0 Å². The lowest BCUT2D eigenvalue weighted by atomic mass is 9.82. The average Bonchev–Trinajstić information content (AvgIpc) is 2.29. The highest BCUT2D eigenvalue weighted by Crippen LogP contribution is 2.33. The van der Waals surface area contributed by atoms with Crippen LogP contribution in [0.15, 0.2) is 0 Å². The van der Waals surface area contributed by atoms with Gasteiger partial charge in [-0.3, -0.25) is 0 Å². The van der Waals surface area contributed by atoms with Crippen LogP contribution in [0.1, 0.15) is 39.0 Å². The van der Waals surface area contributed by atoms with E-state index in [-0.39, 0.29) is 11.3 Å². The minimum atomic E-state index is -3.12. The second-order valence-electron chi connectivity index (χ2n) is 4.36. The fourth-order valence-corrected chi connectivity index (χ4v) is 3.58. The van der Waals surface area contributed by atoms with Gasteiger partial charge in [0.05, 0.1) is 5.75 Å². The Labute approximate surface area is 92.9 Å². The van der Waals surface area contributed by atoms with Gasteiger partial charge in [-0.25, -0.2) is 8.42 Å². The maximum Gasteiger partial charge on any atom is 0.214 e. The SMILES string of the molecule is CCS(=O)(=O)N(C)C1(CN)CCCCC1. The van der Waals surface area contributed by atoms with E-state index < -0.39 is 10.0 Å². The molecule has 0 aliphatic heterocycles. The van der Waals surface area contributed by atoms with Crippen LogP contribution in [0.2, 0.25) is 0 Å². The lowest BCUT2D eigenvalue weighted by Crippen LogP contribution is -2.55. The fraction of sp³-hybridized carbons (Fsp3) is 1.00. The first-order chi connectivity index (χ1) is 6.98. The van der Waals surface area contributed by atoms with Gasteiger partial charge in [0, 0.05) is 19.1 Å². The molecule has 0 spiro atoms. The van der Waals surface area contributed by atoms with Gasteiger partial charge in [0.15, 0.2) is 0 Å². The van der Waals surface area contributed by atoms with Crippen LogP contribution in [-0.4, -0.2) is 37.6 Å². The molecule has 0 amide bonds. The molecule has 15 heavy (non-hydrogen) atoms. The van der Waals surface area contributed by atoms with Crippen LogP contribution in [0.25, 0.3) is 0 Å². The van der Waals surface area contributed by atoms with E-state index in [1.165, 1.54) is 10.7 Å². The van der Waals surface area contributed by atoms with E-state index in [2.05, 4.69) is 0 Å². The van der Waals surface area contributed by atoms with Crippen LogP contribution in [0, 0.1) is 0 Å². The van der Waals surface area contributed by atoms with Gasteiger partial charge in [-0.2, -0.15) is 4.31 Å². The van der Waals surface area contributed by atoms with E-state index in [0.717, 1.165) is 25.7 Å². The summed E-state index contributed by atoms with van der Waals surface area (Å²) < 4.78 is 25.2. The summed E-state index contributed by atoms with van der Waals surface area (Å²) in [5, 5.41) is 0. The van der Waals surface area contributed by atoms with Crippen LogP contribution in [0.4, 0.5) is 0 Å². The van der Waals surface area contributed by atoms with E-state index in [0.29, 0.717) is 6.54 Å². The molecule has 0 aromatic heterocycles. The first-order valence-electron chi connectivity index (χ1n) is 5.65. The zero-order chi connectivity index (χ0) is 11.5. The van der Waals surface area contributed by atoms with Gasteiger partial charge in [-0.05, 0) is 19.8 Å². The van der Waals surface area contributed by atoms with E-state index in [9.17, 15) is 8.42 Å². The average molecular weight is 234 g/mol. The Balaban J connectivity index is 2.90. The van der Waals surface area contributed by atoms with Gasteiger partial charge in [-0.15, -0.1) is 0 Å². The quantitative estimate of drug-likeness (QED) is 0.787. The zero-order valence-corrected chi connectivity index (χ0v) is 10.5. The molecule has 0 heterocycles. The maximum absolute atomic E-state index is 11.8. The molecule has 2 N–H and O–H groups in total. The fourth-order valence-electron chi connectivity index (χ4n) is 2.35. The third-order valence-electron chi connectivity index (χ3n) is 3.61. The van der Waals surface area contributed by atoms with Crippen molar-refractivity contribution < 1.29 is 8.42 Å². The van der Waals surface area contributed by atoms with E-state index >= 15 is 0 Å². The highest BCUT2D eigenvalue weighted by Gasteiger charge is 2.39. The first kappa shape index (κ1) is 12.9. The molecular formula is C10H22N2O2S. The topological polar surface area (TPSA) is 63.4 Å². The zero-order valence-electron chi connectivity index (χ0n) is 9.70. The van der Waals surface area contributed by atoms with Crippen molar-refractivity contribution in [2.75, 3.05) is 19.3 Å². The summed E-state index contributed by atoms with van der Waals surface area (Å²) in [6, 6.07) is 0. The Morgan fingerprint density at radius 3 is 2.20 bits per heavy atom. The second kappa shape index (κ2) is 4.80. The standard InChI is InChI=1S/C10H22N2O2S/c1-3-15(13,14)12(2)10(9-11)7-5-4-6-8-10/h3-9,11H2,1-2H3. The molecule has 0 aromatic carbocycles. The highest BCUT2D eigenvalue weighted by molar-refractivity contribution is 7.89. The molecule has 0 radical (unpaired) electrons. The molecule has 0 unspecified atom stereocenters. The van der Waals surface area contributed by atoms with Crippen molar-refractivity contribution in [1.82, 2.24) is 4.31 Å². The Hall–Kier alpha value is -0.130.